The lowest BCUT2D eigenvalue weighted by Gasteiger charge is -2.34. The Bertz CT molecular complexity index is 1810. The number of carbonyl (C=O) groups excluding carboxylic acids is 8. The van der Waals surface area contributed by atoms with Gasteiger partial charge in [-0.2, -0.15) is 23.5 Å². The van der Waals surface area contributed by atoms with E-state index in [2.05, 4.69) is 76.2 Å². The van der Waals surface area contributed by atoms with Gasteiger partial charge in [0.25, 0.3) is 0 Å². The number of rotatable bonds is 49. The summed E-state index contributed by atoms with van der Waals surface area (Å²) >= 11 is 2.73. The maximum atomic E-state index is 13.5. The lowest BCUT2D eigenvalue weighted by atomic mass is 10.2. The molecule has 0 aliphatic rings. The van der Waals surface area contributed by atoms with E-state index < -0.39 is 57.4 Å². The topological polar surface area (TPSA) is 234 Å². The third-order valence-corrected chi connectivity index (χ3v) is 28.5. The number of allylic oxidation sites excluding steroid dienone is 2. The van der Waals surface area contributed by atoms with Gasteiger partial charge in [-0.3, -0.25) is 38.4 Å². The van der Waals surface area contributed by atoms with Crippen molar-refractivity contribution in [2.45, 2.75) is 179 Å². The van der Waals surface area contributed by atoms with Gasteiger partial charge in [-0.1, -0.05) is 13.2 Å². The Hall–Kier alpha value is -2.63. The molecule has 0 saturated carbocycles. The number of carbonyl (C=O) groups is 8. The van der Waals surface area contributed by atoms with Gasteiger partial charge in [0.15, 0.2) is 44.8 Å². The molecule has 0 aromatic carbocycles. The summed E-state index contributed by atoms with van der Waals surface area (Å²) in [6.45, 7) is 29.4. The van der Waals surface area contributed by atoms with Crippen LogP contribution in [0, 0.1) is 0 Å². The van der Waals surface area contributed by atoms with E-state index in [-0.39, 0.29) is 110 Å². The number of ketones is 4. The van der Waals surface area contributed by atoms with Crippen molar-refractivity contribution in [2.24, 2.45) is 0 Å². The first-order valence-corrected chi connectivity index (χ1v) is 41.4. The van der Waals surface area contributed by atoms with E-state index in [1.165, 1.54) is 35.7 Å². The summed E-state index contributed by atoms with van der Waals surface area (Å²) in [4.78, 5) is 103. The van der Waals surface area contributed by atoms with Crippen LogP contribution in [-0.4, -0.2) is 181 Å². The van der Waals surface area contributed by atoms with Crippen LogP contribution in [0.1, 0.15) is 78.1 Å². The molecule has 0 fully saturated rings. The third-order valence-electron chi connectivity index (χ3n) is 11.7. The molecule has 0 aromatic heterocycles. The Labute approximate surface area is 468 Å². The summed E-state index contributed by atoms with van der Waals surface area (Å²) in [6.07, 6.45) is 1.44. The highest BCUT2D eigenvalue weighted by Gasteiger charge is 2.35. The van der Waals surface area contributed by atoms with Gasteiger partial charge in [0.2, 0.25) is 11.8 Å². The zero-order chi connectivity index (χ0) is 57.8. The Morgan fingerprint density at radius 1 is 0.526 bits per heavy atom. The minimum absolute atomic E-state index is 0.0135. The monoisotopic (exact) mass is 1180 g/mol. The van der Waals surface area contributed by atoms with E-state index in [1.807, 2.05) is 0 Å². The molecule has 76 heavy (non-hydrogen) atoms. The highest BCUT2D eigenvalue weighted by atomic mass is 32.2. The number of amides is 2. The second-order valence-corrected chi connectivity index (χ2v) is 41.4. The lowest BCUT2D eigenvalue weighted by molar-refractivity contribution is -0.165. The van der Waals surface area contributed by atoms with Crippen molar-refractivity contribution in [1.29, 1.82) is 0 Å². The van der Waals surface area contributed by atoms with Gasteiger partial charge < -0.3 is 47.3 Å². The minimum atomic E-state index is -2.24. The van der Waals surface area contributed by atoms with E-state index in [9.17, 15) is 38.4 Å². The fourth-order valence-electron chi connectivity index (χ4n) is 7.50. The first-order chi connectivity index (χ1) is 35.6. The van der Waals surface area contributed by atoms with Gasteiger partial charge in [0.05, 0.1) is 52.0 Å². The first kappa shape index (κ1) is 73.4. The summed E-state index contributed by atoms with van der Waals surface area (Å²) in [5.41, 5.74) is 0. The minimum Gasteiger partial charge on any atom is -0.457 e. The molecule has 0 aliphatic heterocycles. The summed E-state index contributed by atoms with van der Waals surface area (Å²) < 4.78 is 46.4. The second-order valence-electron chi connectivity index (χ2n) is 21.4. The van der Waals surface area contributed by atoms with Crippen LogP contribution < -0.4 is 10.6 Å². The van der Waals surface area contributed by atoms with Crippen LogP contribution in [-0.2, 0) is 75.0 Å². The van der Waals surface area contributed by atoms with Crippen LogP contribution in [0.15, 0.2) is 25.3 Å². The van der Waals surface area contributed by atoms with Crippen LogP contribution in [0.2, 0.25) is 76.6 Å². The summed E-state index contributed by atoms with van der Waals surface area (Å²) in [5.74, 6) is -0.996. The number of hydrogen-bond donors (Lipinski definition) is 2. The fraction of sp³-hybridized carbons (Fsp3) is 0.769. The molecule has 438 valence electrons. The Kier molecular flexibility index (Phi) is 39.1. The standard InChI is InChI=1S/C52H96N2O16S2Si4/c1-15-43(55)23-33-73(7,8)69-75(11,12)35-25-45(57)21-31-71-39-47(67-51(61)19-17-49(59)53-37-42(4)66-30-28-64-6)48(68-52(62)20-18-50(60)54-41(3)38-65-29-27-63-5)40-72-32-22-46(58)26-36-76(13,14)70-74(9,10)34-24-44(56)16-2/h15-16,41-42,47-48H,1-2,17-40H2,3-14H3,(H,53,59)(H,54,60). The molecule has 2 N–H and O–H groups in total. The van der Waals surface area contributed by atoms with Gasteiger partial charge >= 0.3 is 11.9 Å². The van der Waals surface area contributed by atoms with Crippen molar-refractivity contribution in [3.8, 4) is 0 Å². The van der Waals surface area contributed by atoms with Crippen molar-refractivity contribution in [2.75, 3.05) is 76.8 Å². The first-order valence-electron chi connectivity index (χ1n) is 26.6. The summed E-state index contributed by atoms with van der Waals surface area (Å²) in [6, 6.07) is 2.28. The van der Waals surface area contributed by atoms with Crippen molar-refractivity contribution in [3.63, 3.8) is 0 Å². The molecule has 0 aromatic rings. The zero-order valence-corrected chi connectivity index (χ0v) is 53.8. The maximum Gasteiger partial charge on any atom is 0.306 e. The van der Waals surface area contributed by atoms with Crippen molar-refractivity contribution in [3.05, 3.63) is 25.3 Å². The van der Waals surface area contributed by atoms with E-state index in [4.69, 9.17) is 36.7 Å². The predicted octanol–water partition coefficient (Wildman–Crippen LogP) is 8.01. The molecular formula is C52H96N2O16S2Si4. The normalized spacial score (nSPS) is 13.7. The average molecular weight is 1180 g/mol. The number of Topliss-reactive ketones (excluding diaryl/α,β-unsaturated/α-hetero) is 2. The molecule has 0 aliphatic carbocycles. The summed E-state index contributed by atoms with van der Waals surface area (Å²) in [7, 11) is -5.66. The van der Waals surface area contributed by atoms with E-state index >= 15 is 0 Å². The van der Waals surface area contributed by atoms with Gasteiger partial charge in [-0.05, 0) is 103 Å². The quantitative estimate of drug-likeness (QED) is 0.0254. The van der Waals surface area contributed by atoms with Crippen LogP contribution in [0.4, 0.5) is 0 Å². The molecule has 0 heterocycles. The fourth-order valence-corrected chi connectivity index (χ4v) is 26.7. The predicted molar refractivity (Wildman–Crippen MR) is 313 cm³/mol. The largest absolute Gasteiger partial charge is 0.457 e. The highest BCUT2D eigenvalue weighted by molar-refractivity contribution is 7.99. The highest BCUT2D eigenvalue weighted by Crippen LogP contribution is 2.27. The molecule has 2 amide bonds. The molecule has 18 nitrogen and oxygen atoms in total. The van der Waals surface area contributed by atoms with Crippen molar-refractivity contribution < 1.29 is 75.0 Å². The average Bonchev–Trinajstić information content (AvgIpc) is 3.34. The number of thioether (sulfide) groups is 2. The maximum absolute atomic E-state index is 13.5. The molecular weight excluding hydrogens is 1090 g/mol. The van der Waals surface area contributed by atoms with Crippen molar-refractivity contribution in [1.82, 2.24) is 10.6 Å². The van der Waals surface area contributed by atoms with Crippen LogP contribution in [0.5, 0.6) is 0 Å². The number of ether oxygens (including phenoxy) is 6. The lowest BCUT2D eigenvalue weighted by Crippen LogP contribution is -2.44. The molecule has 0 bridgehead atoms. The Balaban J connectivity index is 6.19. The zero-order valence-electron chi connectivity index (χ0n) is 48.2. The molecule has 0 rings (SSSR count). The van der Waals surface area contributed by atoms with Crippen LogP contribution >= 0.6 is 23.5 Å². The third kappa shape index (κ3) is 40.5. The van der Waals surface area contributed by atoms with Gasteiger partial charge in [0, 0.05) is 101 Å². The van der Waals surface area contributed by atoms with E-state index in [0.29, 0.717) is 87.8 Å². The van der Waals surface area contributed by atoms with Gasteiger partial charge in [0.1, 0.15) is 23.8 Å². The number of hydrogen-bond acceptors (Lipinski definition) is 18. The van der Waals surface area contributed by atoms with Crippen LogP contribution in [0.25, 0.3) is 0 Å². The molecule has 0 spiro atoms. The van der Waals surface area contributed by atoms with Gasteiger partial charge in [-0.15, -0.1) is 0 Å². The molecule has 4 atom stereocenters. The Morgan fingerprint density at radius 2 is 0.934 bits per heavy atom. The van der Waals surface area contributed by atoms with Gasteiger partial charge in [-0.25, -0.2) is 0 Å². The molecule has 0 radical (unpaired) electrons. The van der Waals surface area contributed by atoms with E-state index in [0.717, 1.165) is 0 Å². The number of esters is 2. The van der Waals surface area contributed by atoms with E-state index in [1.54, 1.807) is 28.1 Å². The van der Waals surface area contributed by atoms with Crippen LogP contribution in [0.3, 0.4) is 0 Å². The van der Waals surface area contributed by atoms with Crippen molar-refractivity contribution >= 4 is 104 Å². The number of methoxy groups -OCH3 is 2. The SMILES string of the molecule is C=CC(=O)CC[Si](C)(C)O[Si](C)(C)CCC(=O)CCSCC(OC(=O)CCC(=O)NCC(C)OCCOC)C(CSCCC(=O)CC[Si](C)(C)O[Si](C)(C)CCC(=O)C=C)OC(=O)CCC(=O)NC(C)COCCOC. The second kappa shape index (κ2) is 40.5. The molecule has 24 heteroatoms. The smallest absolute Gasteiger partial charge is 0.306 e. The molecule has 0 saturated heterocycles. The summed E-state index contributed by atoms with van der Waals surface area (Å²) in [5, 5.41) is 5.57. The molecule has 4 unspecified atom stereocenters. The number of nitrogens with one attached hydrogen (secondary N) is 2. The Morgan fingerprint density at radius 3 is 1.36 bits per heavy atom.